The lowest BCUT2D eigenvalue weighted by Crippen LogP contribution is -2.38. The van der Waals surface area contributed by atoms with Gasteiger partial charge in [0.1, 0.15) is 6.54 Å². The third-order valence-electron chi connectivity index (χ3n) is 3.04. The van der Waals surface area contributed by atoms with Crippen LogP contribution < -0.4 is 0 Å². The molecule has 1 rings (SSSR count). The highest BCUT2D eigenvalue weighted by Crippen LogP contribution is 2.37. The molecule has 0 aromatic carbocycles. The van der Waals surface area contributed by atoms with Crippen molar-refractivity contribution in [3.63, 3.8) is 0 Å². The second kappa shape index (κ2) is 7.60. The van der Waals surface area contributed by atoms with Crippen molar-refractivity contribution in [2.75, 3.05) is 26.8 Å². The van der Waals surface area contributed by atoms with Gasteiger partial charge in [-0.2, -0.15) is 10.2 Å². The van der Waals surface area contributed by atoms with Gasteiger partial charge in [0, 0.05) is 39.3 Å². The number of hydrogen-bond donors (Lipinski definition) is 1. The van der Waals surface area contributed by atoms with Gasteiger partial charge in [0.25, 0.3) is 0 Å². The summed E-state index contributed by atoms with van der Waals surface area (Å²) in [6.45, 7) is 0.233. The number of ether oxygens (including phenoxy) is 1. The van der Waals surface area contributed by atoms with E-state index in [0.29, 0.717) is 25.9 Å². The van der Waals surface area contributed by atoms with Crippen LogP contribution in [0.5, 0.6) is 0 Å². The molecule has 0 aromatic heterocycles. The summed E-state index contributed by atoms with van der Waals surface area (Å²) in [7, 11) is 1.50. The minimum atomic E-state index is -1.04. The fraction of sp³-hybridized carbons (Fsp3) is 0.692. The maximum absolute atomic E-state index is 12.0. The van der Waals surface area contributed by atoms with Crippen LogP contribution in [-0.4, -0.2) is 54.4 Å². The summed E-state index contributed by atoms with van der Waals surface area (Å²) in [5, 5.41) is 16.7. The molecular weight excluding hydrogens is 262 g/mol. The van der Waals surface area contributed by atoms with Crippen LogP contribution in [0.15, 0.2) is 10.2 Å². The Labute approximate surface area is 118 Å². The zero-order valence-corrected chi connectivity index (χ0v) is 11.5. The first-order valence-electron chi connectivity index (χ1n) is 6.39. The Hall–Kier alpha value is -1.94. The summed E-state index contributed by atoms with van der Waals surface area (Å²) in [5.41, 5.74) is -0.516. The number of aliphatic carboxylic acids is 1. The molecule has 1 heterocycles. The summed E-state index contributed by atoms with van der Waals surface area (Å²) >= 11 is 0. The van der Waals surface area contributed by atoms with Crippen LogP contribution in [0.3, 0.4) is 0 Å². The molecule has 0 unspecified atom stereocenters. The van der Waals surface area contributed by atoms with Crippen LogP contribution in [0.4, 0.5) is 0 Å². The second-order valence-corrected chi connectivity index (χ2v) is 4.59. The van der Waals surface area contributed by atoms with E-state index in [-0.39, 0.29) is 25.4 Å². The molecule has 1 aliphatic rings. The molecule has 0 saturated carbocycles. The first-order valence-corrected chi connectivity index (χ1v) is 6.39. The van der Waals surface area contributed by atoms with Gasteiger partial charge in [-0.25, -0.2) is 0 Å². The molecule has 0 saturated heterocycles. The SMILES string of the molecule is C#CCCC1(CCC(=O)N(CCOC)CC(=O)O)N=N1. The Bertz CT molecular complexity index is 422. The van der Waals surface area contributed by atoms with E-state index in [1.165, 1.54) is 12.0 Å². The maximum Gasteiger partial charge on any atom is 0.323 e. The van der Waals surface area contributed by atoms with Crippen molar-refractivity contribution in [1.29, 1.82) is 0 Å². The zero-order valence-electron chi connectivity index (χ0n) is 11.5. The molecule has 1 amide bonds. The summed E-state index contributed by atoms with van der Waals surface area (Å²) < 4.78 is 4.87. The minimum Gasteiger partial charge on any atom is -0.480 e. The number of carbonyl (C=O) groups excluding carboxylic acids is 1. The fourth-order valence-corrected chi connectivity index (χ4v) is 1.79. The third kappa shape index (κ3) is 5.36. The molecule has 110 valence electrons. The van der Waals surface area contributed by atoms with Crippen molar-refractivity contribution >= 4 is 11.9 Å². The Morgan fingerprint density at radius 1 is 1.40 bits per heavy atom. The third-order valence-corrected chi connectivity index (χ3v) is 3.04. The van der Waals surface area contributed by atoms with Gasteiger partial charge in [0.15, 0.2) is 5.66 Å². The van der Waals surface area contributed by atoms with Crippen molar-refractivity contribution < 1.29 is 19.4 Å². The largest absolute Gasteiger partial charge is 0.480 e. The van der Waals surface area contributed by atoms with E-state index in [1.54, 1.807) is 0 Å². The standard InChI is InChI=1S/C13H19N3O4/c1-3-4-6-13(14-15-13)7-5-11(17)16(8-9-20-2)10-12(18)19/h1H,4-10H2,2H3,(H,18,19). The average molecular weight is 281 g/mol. The summed E-state index contributed by atoms with van der Waals surface area (Å²) in [6, 6.07) is 0. The Kier molecular flexibility index (Phi) is 6.12. The number of methoxy groups -OCH3 is 1. The first-order chi connectivity index (χ1) is 9.53. The molecule has 20 heavy (non-hydrogen) atoms. The lowest BCUT2D eigenvalue weighted by atomic mass is 10.0. The second-order valence-electron chi connectivity index (χ2n) is 4.59. The Balaban J connectivity index is 2.41. The van der Waals surface area contributed by atoms with E-state index < -0.39 is 11.6 Å². The smallest absolute Gasteiger partial charge is 0.323 e. The maximum atomic E-state index is 12.0. The molecule has 0 radical (unpaired) electrons. The molecule has 7 heteroatoms. The molecular formula is C13H19N3O4. The number of rotatable bonds is 10. The fourth-order valence-electron chi connectivity index (χ4n) is 1.79. The van der Waals surface area contributed by atoms with Crippen LogP contribution in [0.1, 0.15) is 25.7 Å². The zero-order chi connectivity index (χ0) is 15.0. The highest BCUT2D eigenvalue weighted by Gasteiger charge is 2.39. The van der Waals surface area contributed by atoms with Crippen LogP contribution in [0.25, 0.3) is 0 Å². The molecule has 1 N–H and O–H groups in total. The monoisotopic (exact) mass is 281 g/mol. The topological polar surface area (TPSA) is 91.6 Å². The molecule has 0 fully saturated rings. The van der Waals surface area contributed by atoms with Crippen LogP contribution in [0, 0.1) is 12.3 Å². The van der Waals surface area contributed by atoms with Crippen molar-refractivity contribution in [3.05, 3.63) is 0 Å². The van der Waals surface area contributed by atoms with E-state index in [4.69, 9.17) is 16.3 Å². The molecule has 0 aliphatic carbocycles. The number of carboxylic acid groups (broad SMARTS) is 1. The van der Waals surface area contributed by atoms with E-state index >= 15 is 0 Å². The van der Waals surface area contributed by atoms with Crippen molar-refractivity contribution in [1.82, 2.24) is 4.90 Å². The van der Waals surface area contributed by atoms with Crippen molar-refractivity contribution in [3.8, 4) is 12.3 Å². The van der Waals surface area contributed by atoms with Crippen LogP contribution in [0.2, 0.25) is 0 Å². The van der Waals surface area contributed by atoms with Gasteiger partial charge in [-0.15, -0.1) is 12.3 Å². The number of amides is 1. The minimum absolute atomic E-state index is 0.203. The molecule has 7 nitrogen and oxygen atoms in total. The Morgan fingerprint density at radius 3 is 2.60 bits per heavy atom. The van der Waals surface area contributed by atoms with Crippen LogP contribution >= 0.6 is 0 Å². The number of carbonyl (C=O) groups is 2. The summed E-state index contributed by atoms with van der Waals surface area (Å²) in [6.07, 6.45) is 7.05. The van der Waals surface area contributed by atoms with E-state index in [1.807, 2.05) is 0 Å². The van der Waals surface area contributed by atoms with E-state index in [9.17, 15) is 9.59 Å². The quantitative estimate of drug-likeness (QED) is 0.602. The molecule has 0 atom stereocenters. The first kappa shape index (κ1) is 16.1. The van der Waals surface area contributed by atoms with Gasteiger partial charge in [-0.3, -0.25) is 9.59 Å². The van der Waals surface area contributed by atoms with Gasteiger partial charge in [-0.05, 0) is 0 Å². The normalized spacial score (nSPS) is 14.6. The van der Waals surface area contributed by atoms with E-state index in [0.717, 1.165) is 0 Å². The van der Waals surface area contributed by atoms with Crippen LogP contribution in [-0.2, 0) is 14.3 Å². The van der Waals surface area contributed by atoms with Crippen molar-refractivity contribution in [2.45, 2.75) is 31.3 Å². The van der Waals surface area contributed by atoms with Gasteiger partial charge in [-0.1, -0.05) is 0 Å². The summed E-state index contributed by atoms with van der Waals surface area (Å²) in [4.78, 5) is 24.0. The van der Waals surface area contributed by atoms with Gasteiger partial charge >= 0.3 is 5.97 Å². The molecule has 1 aliphatic heterocycles. The van der Waals surface area contributed by atoms with Gasteiger partial charge in [0.05, 0.1) is 6.61 Å². The average Bonchev–Trinajstić information content (AvgIpc) is 3.18. The molecule has 0 spiro atoms. The molecule has 0 bridgehead atoms. The van der Waals surface area contributed by atoms with Gasteiger partial charge < -0.3 is 14.7 Å². The highest BCUT2D eigenvalue weighted by molar-refractivity contribution is 5.81. The number of nitrogens with zero attached hydrogens (tertiary/aromatic N) is 3. The lowest BCUT2D eigenvalue weighted by molar-refractivity contribution is -0.145. The number of hydrogen-bond acceptors (Lipinski definition) is 5. The van der Waals surface area contributed by atoms with Crippen molar-refractivity contribution in [2.24, 2.45) is 10.2 Å². The predicted molar refractivity (Wildman–Crippen MR) is 71.0 cm³/mol. The number of terminal acetylenes is 1. The van der Waals surface area contributed by atoms with Gasteiger partial charge in [0.2, 0.25) is 5.91 Å². The Morgan fingerprint density at radius 2 is 2.10 bits per heavy atom. The molecule has 0 aromatic rings. The predicted octanol–water partition coefficient (Wildman–Crippen LogP) is 0.902. The number of carboxylic acids is 1. The lowest BCUT2D eigenvalue weighted by Gasteiger charge is -2.20. The summed E-state index contributed by atoms with van der Waals surface area (Å²) in [5.74, 6) is 1.24. The van der Waals surface area contributed by atoms with E-state index in [2.05, 4.69) is 16.1 Å². The highest BCUT2D eigenvalue weighted by atomic mass is 16.5.